The van der Waals surface area contributed by atoms with Gasteiger partial charge in [-0.25, -0.2) is 0 Å². The van der Waals surface area contributed by atoms with Gasteiger partial charge < -0.3 is 0 Å². The van der Waals surface area contributed by atoms with Gasteiger partial charge in [-0.05, 0) is 0 Å². The molecule has 0 aliphatic carbocycles. The van der Waals surface area contributed by atoms with Crippen molar-refractivity contribution in [2.24, 2.45) is 0 Å². The van der Waals surface area contributed by atoms with Gasteiger partial charge in [0.2, 0.25) is 0 Å². The minimum absolute atomic E-state index is 0.00865. The molecule has 3 aromatic carbocycles. The molecular weight excluding hydrogens is 540 g/mol. The summed E-state index contributed by atoms with van der Waals surface area (Å²) >= 11 is 0. The zero-order valence-electron chi connectivity index (χ0n) is 24.9. The molecule has 0 saturated carbocycles. The van der Waals surface area contributed by atoms with Gasteiger partial charge in [0, 0.05) is 0 Å². The molecule has 0 unspecified atom stereocenters. The molecule has 1 heterocycles. The number of benzene rings is 3. The standard InChI is InChI=1S/C34H44F3N2OP/c1-33(2)23-28(24-34(3,4)39(33)5)38-32(40)9-7-6-8-22-41(29-16-10-25(35)11-17-29,30-18-12-26(36)13-19-30)31-20-14-27(37)15-21-31/h10-21,28,41H,6-9,22-24H2,1-5H3,(H,38,40). The second-order valence-corrected chi connectivity index (χ2v) is 16.9. The van der Waals surface area contributed by atoms with Crippen LogP contribution in [0.2, 0.25) is 0 Å². The molecule has 1 aliphatic rings. The van der Waals surface area contributed by atoms with Gasteiger partial charge in [-0.2, -0.15) is 0 Å². The summed E-state index contributed by atoms with van der Waals surface area (Å²) < 4.78 is 41.9. The quantitative estimate of drug-likeness (QED) is 0.219. The first-order valence-electron chi connectivity index (χ1n) is 14.6. The first-order valence-corrected chi connectivity index (χ1v) is 16.9. The number of hydrogen-bond acceptors (Lipinski definition) is 2. The number of nitrogens with zero attached hydrogens (tertiary/aromatic N) is 1. The van der Waals surface area contributed by atoms with Crippen molar-refractivity contribution in [3.05, 3.63) is 90.2 Å². The number of carbonyl (C=O) groups excluding carboxylic acids is 1. The molecule has 1 amide bonds. The molecule has 222 valence electrons. The van der Waals surface area contributed by atoms with Crippen molar-refractivity contribution >= 4 is 29.1 Å². The van der Waals surface area contributed by atoms with Crippen LogP contribution in [0.25, 0.3) is 0 Å². The Morgan fingerprint density at radius 3 is 1.51 bits per heavy atom. The van der Waals surface area contributed by atoms with Gasteiger partial charge in [-0.1, -0.05) is 0 Å². The van der Waals surface area contributed by atoms with Crippen molar-refractivity contribution in [2.75, 3.05) is 13.2 Å². The van der Waals surface area contributed by atoms with Gasteiger partial charge in [0.05, 0.1) is 0 Å². The monoisotopic (exact) mass is 584 g/mol. The van der Waals surface area contributed by atoms with Gasteiger partial charge in [-0.3, -0.25) is 0 Å². The third-order valence-corrected chi connectivity index (χ3v) is 14.2. The van der Waals surface area contributed by atoms with E-state index in [1.54, 1.807) is 0 Å². The van der Waals surface area contributed by atoms with E-state index in [1.807, 2.05) is 36.4 Å². The first kappa shape index (κ1) is 31.3. The molecule has 1 aliphatic heterocycles. The summed E-state index contributed by atoms with van der Waals surface area (Å²) in [4.78, 5) is 15.3. The molecule has 1 saturated heterocycles. The Hall–Kier alpha value is -2.69. The molecule has 41 heavy (non-hydrogen) atoms. The number of likely N-dealkylation sites (tertiary alicyclic amines) is 1. The van der Waals surface area contributed by atoms with E-state index < -0.39 is 7.26 Å². The summed E-state index contributed by atoms with van der Waals surface area (Å²) in [6, 6.07) is 19.8. The number of halogens is 3. The molecule has 0 aromatic heterocycles. The maximum absolute atomic E-state index is 14.0. The van der Waals surface area contributed by atoms with Crippen molar-refractivity contribution < 1.29 is 18.0 Å². The molecule has 7 heteroatoms. The fraction of sp³-hybridized carbons (Fsp3) is 0.441. The molecule has 3 nitrogen and oxygen atoms in total. The molecule has 3 aromatic rings. The molecule has 4 rings (SSSR count). The maximum atomic E-state index is 14.0. The molecule has 0 atom stereocenters. The molecule has 0 radical (unpaired) electrons. The molecule has 1 fully saturated rings. The number of unbranched alkanes of at least 4 members (excludes halogenated alkanes) is 2. The van der Waals surface area contributed by atoms with Gasteiger partial charge in [0.25, 0.3) is 0 Å². The van der Waals surface area contributed by atoms with E-state index in [0.717, 1.165) is 54.2 Å². The van der Waals surface area contributed by atoms with Crippen LogP contribution in [-0.4, -0.2) is 41.1 Å². The summed E-state index contributed by atoms with van der Waals surface area (Å²) in [5.74, 6) is -0.878. The fourth-order valence-electron chi connectivity index (χ4n) is 6.76. The Morgan fingerprint density at radius 1 is 0.732 bits per heavy atom. The van der Waals surface area contributed by atoms with Gasteiger partial charge in [0.15, 0.2) is 0 Å². The second kappa shape index (κ2) is 12.7. The Morgan fingerprint density at radius 2 is 1.12 bits per heavy atom. The fourth-order valence-corrected chi connectivity index (χ4v) is 11.6. The van der Waals surface area contributed by atoms with Crippen LogP contribution in [0.3, 0.4) is 0 Å². The van der Waals surface area contributed by atoms with Crippen LogP contribution in [0.5, 0.6) is 0 Å². The van der Waals surface area contributed by atoms with E-state index in [4.69, 9.17) is 0 Å². The summed E-state index contributed by atoms with van der Waals surface area (Å²) in [6.07, 6.45) is 5.50. The van der Waals surface area contributed by atoms with Gasteiger partial charge in [-0.15, -0.1) is 0 Å². The van der Waals surface area contributed by atoms with Crippen molar-refractivity contribution in [3.8, 4) is 0 Å². The third kappa shape index (κ3) is 7.21. The average molecular weight is 585 g/mol. The third-order valence-electron chi connectivity index (χ3n) is 9.14. The Balaban J connectivity index is 1.47. The number of rotatable bonds is 10. The van der Waals surface area contributed by atoms with Crippen LogP contribution < -0.4 is 21.2 Å². The van der Waals surface area contributed by atoms with E-state index in [9.17, 15) is 18.0 Å². The van der Waals surface area contributed by atoms with Crippen molar-refractivity contribution in [3.63, 3.8) is 0 Å². The van der Waals surface area contributed by atoms with Crippen molar-refractivity contribution in [1.82, 2.24) is 10.2 Å². The zero-order valence-corrected chi connectivity index (χ0v) is 25.9. The summed E-state index contributed by atoms with van der Waals surface area (Å²) in [6.45, 7) is 8.91. The van der Waals surface area contributed by atoms with E-state index >= 15 is 0 Å². The number of amides is 1. The summed E-state index contributed by atoms with van der Waals surface area (Å²) in [5, 5.41) is 6.25. The van der Waals surface area contributed by atoms with Crippen LogP contribution in [0.4, 0.5) is 13.2 Å². The van der Waals surface area contributed by atoms with Gasteiger partial charge in [0.1, 0.15) is 0 Å². The van der Waals surface area contributed by atoms with Crippen LogP contribution >= 0.6 is 7.26 Å². The molecular formula is C34H44F3N2OP. The topological polar surface area (TPSA) is 32.3 Å². The van der Waals surface area contributed by atoms with E-state index in [2.05, 4.69) is 45.0 Å². The second-order valence-electron chi connectivity index (χ2n) is 12.8. The van der Waals surface area contributed by atoms with E-state index in [1.165, 1.54) is 36.4 Å². The number of hydrogen-bond donors (Lipinski definition) is 1. The SMILES string of the molecule is CN1C(C)(C)CC(NC(=O)CCCCC[PH](c2ccc(F)cc2)(c2ccc(F)cc2)c2ccc(F)cc2)CC1(C)C. The van der Waals surface area contributed by atoms with Crippen molar-refractivity contribution in [2.45, 2.75) is 83.3 Å². The first-order chi connectivity index (χ1) is 19.3. The minimum atomic E-state index is -2.75. The van der Waals surface area contributed by atoms with Crippen LogP contribution in [0, 0.1) is 17.5 Å². The predicted molar refractivity (Wildman–Crippen MR) is 167 cm³/mol. The molecule has 0 bridgehead atoms. The molecule has 1 N–H and O–H groups in total. The van der Waals surface area contributed by atoms with E-state index in [-0.39, 0.29) is 40.5 Å². The number of piperidine rings is 1. The van der Waals surface area contributed by atoms with Crippen LogP contribution in [0.1, 0.15) is 66.2 Å². The number of nitrogens with one attached hydrogen (secondary N) is 1. The van der Waals surface area contributed by atoms with Crippen LogP contribution in [0.15, 0.2) is 72.8 Å². The Labute approximate surface area is 243 Å². The summed E-state index contributed by atoms with van der Waals surface area (Å²) in [7, 11) is -0.591. The van der Waals surface area contributed by atoms with Gasteiger partial charge >= 0.3 is 244 Å². The molecule has 0 spiro atoms. The average Bonchev–Trinajstić information content (AvgIpc) is 2.91. The number of carbonyl (C=O) groups is 1. The normalized spacial score (nSPS) is 17.8. The summed E-state index contributed by atoms with van der Waals surface area (Å²) in [5.41, 5.74) is 0.0173. The van der Waals surface area contributed by atoms with E-state index in [0.29, 0.717) is 6.42 Å². The Kier molecular flexibility index (Phi) is 9.66. The zero-order chi connectivity index (χ0) is 29.8. The Bertz CT molecular complexity index is 1180. The van der Waals surface area contributed by atoms with Crippen LogP contribution in [-0.2, 0) is 4.79 Å². The predicted octanol–water partition coefficient (Wildman–Crippen LogP) is 6.46. The van der Waals surface area contributed by atoms with Crippen molar-refractivity contribution in [1.29, 1.82) is 0 Å².